The molecule has 0 saturated carbocycles. The number of ether oxygens (including phenoxy) is 1. The number of pyridine rings is 1. The molecule has 0 fully saturated rings. The largest absolute Gasteiger partial charge is 0.424 e. The van der Waals surface area contributed by atoms with Gasteiger partial charge >= 0.3 is 6.01 Å². The quantitative estimate of drug-likeness (QED) is 0.306. The van der Waals surface area contributed by atoms with Crippen LogP contribution in [-0.4, -0.2) is 24.5 Å². The molecule has 0 amide bonds. The van der Waals surface area contributed by atoms with Crippen molar-refractivity contribution in [1.82, 2.24) is 24.5 Å². The topological polar surface area (TPSA) is 82.8 Å². The van der Waals surface area contributed by atoms with Gasteiger partial charge in [-0.1, -0.05) is 66.7 Å². The van der Waals surface area contributed by atoms with Gasteiger partial charge in [0.25, 0.3) is 5.56 Å². The molecule has 0 saturated heterocycles. The summed E-state index contributed by atoms with van der Waals surface area (Å²) in [5, 5.41) is 0. The molecule has 37 heavy (non-hydrogen) atoms. The normalized spacial score (nSPS) is 10.9. The first-order valence-corrected chi connectivity index (χ1v) is 11.8. The first-order chi connectivity index (χ1) is 18.2. The highest BCUT2D eigenvalue weighted by atomic mass is 16.5. The van der Waals surface area contributed by atoms with Crippen LogP contribution >= 0.6 is 0 Å². The second kappa shape index (κ2) is 9.83. The Morgan fingerprint density at radius 1 is 0.730 bits per heavy atom. The van der Waals surface area contributed by atoms with Gasteiger partial charge in [0.1, 0.15) is 17.0 Å². The fourth-order valence-electron chi connectivity index (χ4n) is 4.16. The van der Waals surface area contributed by atoms with E-state index in [0.29, 0.717) is 34.7 Å². The zero-order chi connectivity index (χ0) is 25.0. The van der Waals surface area contributed by atoms with Gasteiger partial charge in [-0.3, -0.25) is 9.36 Å². The lowest BCUT2D eigenvalue weighted by Gasteiger charge is -2.13. The van der Waals surface area contributed by atoms with E-state index < -0.39 is 0 Å². The number of hydrogen-bond donors (Lipinski definition) is 0. The Balaban J connectivity index is 1.39. The summed E-state index contributed by atoms with van der Waals surface area (Å²) in [6, 6.07) is 32.6. The number of rotatable bonds is 6. The molecule has 3 aromatic heterocycles. The molecule has 0 unspecified atom stereocenters. The van der Waals surface area contributed by atoms with Gasteiger partial charge in [0.05, 0.1) is 11.4 Å². The zero-order valence-corrected chi connectivity index (χ0v) is 19.7. The maximum atomic E-state index is 13.7. The Morgan fingerprint density at radius 2 is 1.54 bits per heavy atom. The molecule has 0 N–H and O–H groups in total. The van der Waals surface area contributed by atoms with Crippen LogP contribution in [0, 0.1) is 0 Å². The van der Waals surface area contributed by atoms with Crippen LogP contribution in [-0.2, 0) is 6.42 Å². The molecular formula is C30H21N5O2. The van der Waals surface area contributed by atoms with E-state index in [-0.39, 0.29) is 11.6 Å². The summed E-state index contributed by atoms with van der Waals surface area (Å²) in [6.07, 6.45) is 3.73. The third kappa shape index (κ3) is 4.70. The fraction of sp³-hybridized carbons (Fsp3) is 0.0333. The van der Waals surface area contributed by atoms with Gasteiger partial charge in [0, 0.05) is 30.4 Å². The summed E-state index contributed by atoms with van der Waals surface area (Å²) >= 11 is 0. The molecule has 0 bridgehead atoms. The Kier molecular flexibility index (Phi) is 5.93. The fourth-order valence-corrected chi connectivity index (χ4v) is 4.16. The molecule has 3 heterocycles. The lowest BCUT2D eigenvalue weighted by molar-refractivity contribution is 0.442. The molecule has 0 aliphatic rings. The van der Waals surface area contributed by atoms with E-state index in [2.05, 4.69) is 19.9 Å². The highest BCUT2D eigenvalue weighted by molar-refractivity contribution is 5.72. The second-order valence-corrected chi connectivity index (χ2v) is 8.40. The minimum Gasteiger partial charge on any atom is -0.424 e. The number of nitrogens with zero attached hydrogens (tertiary/aromatic N) is 5. The van der Waals surface area contributed by atoms with Gasteiger partial charge in [-0.25, -0.2) is 15.0 Å². The number of hydrogen-bond acceptors (Lipinski definition) is 6. The third-order valence-corrected chi connectivity index (χ3v) is 5.89. The molecule has 0 radical (unpaired) electrons. The van der Waals surface area contributed by atoms with E-state index in [1.807, 2.05) is 91.0 Å². The van der Waals surface area contributed by atoms with Crippen LogP contribution in [0.1, 0.15) is 11.3 Å². The van der Waals surface area contributed by atoms with Crippen molar-refractivity contribution in [3.63, 3.8) is 0 Å². The van der Waals surface area contributed by atoms with Crippen molar-refractivity contribution in [2.24, 2.45) is 0 Å². The molecule has 0 atom stereocenters. The summed E-state index contributed by atoms with van der Waals surface area (Å²) in [7, 11) is 0. The molecule has 0 spiro atoms. The van der Waals surface area contributed by atoms with Crippen LogP contribution in [0.25, 0.3) is 28.1 Å². The average Bonchev–Trinajstić information content (AvgIpc) is 2.95. The number of fused-ring (bicyclic) bond motifs is 1. The highest BCUT2D eigenvalue weighted by Crippen LogP contribution is 2.24. The summed E-state index contributed by atoms with van der Waals surface area (Å²) in [6.45, 7) is 0. The lowest BCUT2D eigenvalue weighted by atomic mass is 10.1. The highest BCUT2D eigenvalue weighted by Gasteiger charge is 2.15. The van der Waals surface area contributed by atoms with E-state index in [1.54, 1.807) is 29.1 Å². The molecule has 6 rings (SSSR count). The predicted octanol–water partition coefficient (Wildman–Crippen LogP) is 5.62. The standard InChI is InChI=1S/C30H21N5O2/c36-29-27(19-21-9-3-1-4-10-21)33-26-15-8-17-31-28(26)35(29)23-13-7-14-24(20-23)37-30-32-18-16-25(34-30)22-11-5-2-6-12-22/h1-18,20H,19H2. The monoisotopic (exact) mass is 483 g/mol. The second-order valence-electron chi connectivity index (χ2n) is 8.40. The summed E-state index contributed by atoms with van der Waals surface area (Å²) in [5.74, 6) is 0.500. The smallest absolute Gasteiger partial charge is 0.322 e. The van der Waals surface area contributed by atoms with Gasteiger partial charge in [-0.05, 0) is 35.9 Å². The van der Waals surface area contributed by atoms with Crippen LogP contribution in [0.15, 0.2) is 120 Å². The Morgan fingerprint density at radius 3 is 2.38 bits per heavy atom. The van der Waals surface area contributed by atoms with Crippen molar-refractivity contribution in [3.05, 3.63) is 137 Å². The van der Waals surface area contributed by atoms with Crippen LogP contribution in [0.4, 0.5) is 0 Å². The van der Waals surface area contributed by atoms with E-state index >= 15 is 0 Å². The predicted molar refractivity (Wildman–Crippen MR) is 142 cm³/mol. The molecule has 6 aromatic rings. The van der Waals surface area contributed by atoms with Crippen molar-refractivity contribution in [2.45, 2.75) is 6.42 Å². The van der Waals surface area contributed by atoms with Crippen molar-refractivity contribution >= 4 is 11.2 Å². The van der Waals surface area contributed by atoms with Crippen LogP contribution < -0.4 is 10.3 Å². The van der Waals surface area contributed by atoms with E-state index in [0.717, 1.165) is 16.8 Å². The van der Waals surface area contributed by atoms with E-state index in [1.165, 1.54) is 0 Å². The summed E-state index contributed by atoms with van der Waals surface area (Å²) < 4.78 is 7.58. The van der Waals surface area contributed by atoms with Gasteiger partial charge in [0.15, 0.2) is 5.65 Å². The minimum atomic E-state index is -0.227. The molecular weight excluding hydrogens is 462 g/mol. The average molecular weight is 484 g/mol. The SMILES string of the molecule is O=c1c(Cc2ccccc2)nc2cccnc2n1-c1cccc(Oc2nccc(-c3ccccc3)n2)c1. The van der Waals surface area contributed by atoms with Gasteiger partial charge in [-0.15, -0.1) is 0 Å². The Labute approximate surface area is 212 Å². The van der Waals surface area contributed by atoms with Crippen molar-refractivity contribution in [1.29, 1.82) is 0 Å². The van der Waals surface area contributed by atoms with Gasteiger partial charge in [-0.2, -0.15) is 4.98 Å². The van der Waals surface area contributed by atoms with E-state index in [9.17, 15) is 4.79 Å². The number of benzene rings is 3. The summed E-state index contributed by atoms with van der Waals surface area (Å²) in [5.41, 5.74) is 4.67. The minimum absolute atomic E-state index is 0.216. The van der Waals surface area contributed by atoms with Crippen LogP contribution in [0.5, 0.6) is 11.8 Å². The van der Waals surface area contributed by atoms with Crippen LogP contribution in [0.3, 0.4) is 0 Å². The van der Waals surface area contributed by atoms with Crippen LogP contribution in [0.2, 0.25) is 0 Å². The zero-order valence-electron chi connectivity index (χ0n) is 19.7. The Bertz CT molecular complexity index is 1750. The van der Waals surface area contributed by atoms with Crippen molar-refractivity contribution < 1.29 is 4.74 Å². The maximum absolute atomic E-state index is 13.7. The summed E-state index contributed by atoms with van der Waals surface area (Å²) in [4.78, 5) is 31.6. The molecule has 0 aliphatic carbocycles. The maximum Gasteiger partial charge on any atom is 0.322 e. The van der Waals surface area contributed by atoms with Gasteiger partial charge < -0.3 is 4.74 Å². The molecule has 7 nitrogen and oxygen atoms in total. The van der Waals surface area contributed by atoms with Gasteiger partial charge in [0.2, 0.25) is 0 Å². The molecule has 7 heteroatoms. The first-order valence-electron chi connectivity index (χ1n) is 11.8. The van der Waals surface area contributed by atoms with Crippen molar-refractivity contribution in [3.8, 4) is 28.7 Å². The Hall–Kier alpha value is -5.17. The molecule has 3 aromatic carbocycles. The van der Waals surface area contributed by atoms with Crippen molar-refractivity contribution in [2.75, 3.05) is 0 Å². The third-order valence-electron chi connectivity index (χ3n) is 5.89. The lowest BCUT2D eigenvalue weighted by Crippen LogP contribution is -2.25. The van der Waals surface area contributed by atoms with E-state index in [4.69, 9.17) is 4.74 Å². The molecule has 178 valence electrons. The molecule has 0 aliphatic heterocycles. The first kappa shape index (κ1) is 22.3. The number of aromatic nitrogens is 5.